The van der Waals surface area contributed by atoms with E-state index in [1.165, 1.54) is 0 Å². The monoisotopic (exact) mass is 302 g/mol. The van der Waals surface area contributed by atoms with Crippen LogP contribution in [0.1, 0.15) is 39.8 Å². The summed E-state index contributed by atoms with van der Waals surface area (Å²) in [6, 6.07) is 2.05. The molecule has 1 radical (unpaired) electrons. The van der Waals surface area contributed by atoms with E-state index in [2.05, 4.69) is 36.9 Å². The van der Waals surface area contributed by atoms with Crippen molar-refractivity contribution in [1.29, 1.82) is 0 Å². The summed E-state index contributed by atoms with van der Waals surface area (Å²) in [7, 11) is 0. The third kappa shape index (κ3) is 2.17. The van der Waals surface area contributed by atoms with Crippen molar-refractivity contribution in [2.75, 3.05) is 0 Å². The molecule has 0 atom stereocenters. The van der Waals surface area contributed by atoms with Crippen molar-refractivity contribution in [1.82, 2.24) is 9.78 Å². The van der Waals surface area contributed by atoms with Crippen LogP contribution in [-0.4, -0.2) is 34.5 Å². The van der Waals surface area contributed by atoms with Crippen LogP contribution in [0, 0.1) is 5.41 Å². The molecule has 2 rings (SSSR count). The molecule has 0 spiro atoms. The van der Waals surface area contributed by atoms with Gasteiger partial charge in [0.05, 0.1) is 0 Å². The molecule has 95 valence electrons. The maximum atomic E-state index is 5.66. The van der Waals surface area contributed by atoms with Crippen LogP contribution < -0.4 is 0 Å². The molecule has 0 saturated carbocycles. The van der Waals surface area contributed by atoms with Gasteiger partial charge in [-0.15, -0.1) is 0 Å². The molecular formula is C13H19GaN3O. The van der Waals surface area contributed by atoms with E-state index in [4.69, 9.17) is 3.53 Å². The minimum absolute atomic E-state index is 0.121. The molecule has 1 aliphatic rings. The number of aromatic nitrogens is 2. The number of hydrogen-bond acceptors (Lipinski definition) is 3. The van der Waals surface area contributed by atoms with Gasteiger partial charge >= 0.3 is 118 Å². The van der Waals surface area contributed by atoms with Gasteiger partial charge in [-0.1, -0.05) is 0 Å². The quantitative estimate of drug-likeness (QED) is 0.801. The van der Waals surface area contributed by atoms with E-state index in [-0.39, 0.29) is 5.41 Å². The third-order valence-electron chi connectivity index (χ3n) is 3.46. The molecule has 0 unspecified atom stereocenters. The number of nitrogens with zero attached hydrogens (tertiary/aromatic N) is 3. The Labute approximate surface area is 118 Å². The summed E-state index contributed by atoms with van der Waals surface area (Å²) < 4.78 is 7.50. The summed E-state index contributed by atoms with van der Waals surface area (Å²) >= 11 is 0.772. The zero-order chi connectivity index (χ0) is 13.3. The van der Waals surface area contributed by atoms with Gasteiger partial charge in [-0.25, -0.2) is 0 Å². The molecule has 18 heavy (non-hydrogen) atoms. The Hall–Kier alpha value is -0.944. The molecule has 0 amide bonds. The van der Waals surface area contributed by atoms with Crippen molar-refractivity contribution in [3.05, 3.63) is 23.7 Å². The number of allylic oxidation sites excluding steroid dienone is 1. The average Bonchev–Trinajstić information content (AvgIpc) is 2.84. The SMILES string of the molecule is CCCc1ccn(C2=C([O][GaH])C(C)(C)C(C)=N2)n1. The zero-order valence-electron chi connectivity index (χ0n) is 11.5. The molecule has 5 heteroatoms. The van der Waals surface area contributed by atoms with E-state index in [1.54, 1.807) is 0 Å². The Kier molecular flexibility index (Phi) is 3.73. The Morgan fingerprint density at radius 1 is 1.44 bits per heavy atom. The second kappa shape index (κ2) is 4.97. The second-order valence-electron chi connectivity index (χ2n) is 5.12. The van der Waals surface area contributed by atoms with Gasteiger partial charge in [0, 0.05) is 0 Å². The minimum atomic E-state index is -0.121. The Morgan fingerprint density at radius 2 is 2.17 bits per heavy atom. The molecule has 1 aliphatic heterocycles. The molecule has 1 aromatic rings. The van der Waals surface area contributed by atoms with Gasteiger partial charge in [-0.2, -0.15) is 0 Å². The first-order valence-corrected chi connectivity index (χ1v) is 7.49. The van der Waals surface area contributed by atoms with Crippen molar-refractivity contribution in [3.8, 4) is 0 Å². The van der Waals surface area contributed by atoms with Crippen molar-refractivity contribution in [3.63, 3.8) is 0 Å². The van der Waals surface area contributed by atoms with Gasteiger partial charge in [-0.05, 0) is 0 Å². The van der Waals surface area contributed by atoms with Crippen molar-refractivity contribution in [2.45, 2.75) is 40.5 Å². The first-order chi connectivity index (χ1) is 8.50. The normalized spacial score (nSPS) is 18.1. The summed E-state index contributed by atoms with van der Waals surface area (Å²) in [5, 5.41) is 4.57. The van der Waals surface area contributed by atoms with E-state index in [1.807, 2.05) is 17.8 Å². The molecule has 0 saturated heterocycles. The van der Waals surface area contributed by atoms with Crippen molar-refractivity contribution in [2.24, 2.45) is 10.4 Å². The van der Waals surface area contributed by atoms with Gasteiger partial charge < -0.3 is 0 Å². The van der Waals surface area contributed by atoms with Crippen LogP contribution >= 0.6 is 0 Å². The van der Waals surface area contributed by atoms with Crippen LogP contribution in [0.4, 0.5) is 0 Å². The first kappa shape index (κ1) is 13.5. The standard InChI is InChI=1S/C13H19N3O.Ga.H/c1-5-6-10-7-8-16(15-10)12-11(17)13(3,4)9(2)14-12;;/h7-8,17H,5-6H2,1-4H3;;/q;+1;/p-1. The zero-order valence-corrected chi connectivity index (χ0v) is 14.5. The number of aliphatic imine (C=N–C) groups is 1. The molecule has 2 heterocycles. The summed E-state index contributed by atoms with van der Waals surface area (Å²) in [4.78, 5) is 4.63. The van der Waals surface area contributed by atoms with Crippen LogP contribution in [-0.2, 0) is 9.95 Å². The van der Waals surface area contributed by atoms with Crippen LogP contribution in [0.2, 0.25) is 0 Å². The fourth-order valence-corrected chi connectivity index (χ4v) is 3.09. The molecular weight excluding hydrogens is 284 g/mol. The average molecular weight is 303 g/mol. The van der Waals surface area contributed by atoms with Gasteiger partial charge in [0.15, 0.2) is 0 Å². The fraction of sp³-hybridized carbons (Fsp3) is 0.538. The van der Waals surface area contributed by atoms with Gasteiger partial charge in [-0.3, -0.25) is 0 Å². The predicted octanol–water partition coefficient (Wildman–Crippen LogP) is 2.29. The predicted molar refractivity (Wildman–Crippen MR) is 74.6 cm³/mol. The second-order valence-corrected chi connectivity index (χ2v) is 5.73. The maximum absolute atomic E-state index is 5.66. The number of hydrogen-bond donors (Lipinski definition) is 0. The summed E-state index contributed by atoms with van der Waals surface area (Å²) in [5.74, 6) is 1.78. The molecule has 0 aliphatic carbocycles. The topological polar surface area (TPSA) is 39.4 Å². The summed E-state index contributed by atoms with van der Waals surface area (Å²) in [6.07, 6.45) is 4.08. The van der Waals surface area contributed by atoms with Gasteiger partial charge in [0.2, 0.25) is 0 Å². The van der Waals surface area contributed by atoms with Crippen molar-refractivity contribution >= 4 is 30.5 Å². The number of aryl methyl sites for hydroxylation is 1. The fourth-order valence-electron chi connectivity index (χ4n) is 2.06. The molecule has 0 bridgehead atoms. The van der Waals surface area contributed by atoms with Crippen LogP contribution in [0.5, 0.6) is 0 Å². The Morgan fingerprint density at radius 3 is 2.78 bits per heavy atom. The van der Waals surface area contributed by atoms with Crippen LogP contribution in [0.15, 0.2) is 23.0 Å². The summed E-state index contributed by atoms with van der Waals surface area (Å²) in [5.41, 5.74) is 2.06. The Balaban J connectivity index is 2.42. The molecule has 0 aromatic carbocycles. The van der Waals surface area contributed by atoms with E-state index in [0.717, 1.165) is 54.8 Å². The summed E-state index contributed by atoms with van der Waals surface area (Å²) in [6.45, 7) is 8.48. The molecule has 0 fully saturated rings. The molecule has 4 nitrogen and oxygen atoms in total. The third-order valence-corrected chi connectivity index (χ3v) is 4.07. The Bertz CT molecular complexity index is 514. The van der Waals surface area contributed by atoms with E-state index in [0.29, 0.717) is 0 Å². The van der Waals surface area contributed by atoms with E-state index < -0.39 is 0 Å². The van der Waals surface area contributed by atoms with Crippen LogP contribution in [0.3, 0.4) is 0 Å². The van der Waals surface area contributed by atoms with E-state index in [9.17, 15) is 0 Å². The van der Waals surface area contributed by atoms with E-state index >= 15 is 0 Å². The molecule has 1 aromatic heterocycles. The molecule has 0 N–H and O–H groups in total. The van der Waals surface area contributed by atoms with Crippen LogP contribution in [0.25, 0.3) is 5.82 Å². The first-order valence-electron chi connectivity index (χ1n) is 6.28. The van der Waals surface area contributed by atoms with Gasteiger partial charge in [0.1, 0.15) is 0 Å². The van der Waals surface area contributed by atoms with Crippen molar-refractivity contribution < 1.29 is 3.53 Å². The number of rotatable bonds is 4. The van der Waals surface area contributed by atoms with Gasteiger partial charge in [0.25, 0.3) is 0 Å².